The standard InChI is InChI=1S/C74H91FN16O23/c1-7-74(111)43-25-49-64-41(30-91(49)71(108)42(43)35-113-73(74)110)63-45(18-17-40-38(2)44(75)26-47(84-64)62(40)63)81-56(98)36-112-37-80-54(96)28-79-69(107)48(24-39-14-10-8-11-15-39)83-55(97)29-77-53(95)27-78-68(106)46(82-51(93)16-12-9-13-23-90-57(99)21-22-58(90)100)19-20-52(94)85-70-66(105)65(104)67(114-70)72(109)89(6)34-61(103)88(5)33-60(102)87(4)32-59(101)86(3)31-50(76)92/h8,10-11,14-15,21-22,25-26,45-46,48,65-67,70,104-105,111H,7,9,12-13,16-20,23-24,27-37H2,1-6H3,(H2,76,92)(H,77,95)(H,78,106)(H,79,107)(H,80,96)(H,81,98)(H,82,93)(H,83,97)(H,85,94)/t45-,46-,48-,65-,66+,67-,70?,74-/m0/s1. The molecule has 8 atom stereocenters. The maximum atomic E-state index is 15.5. The lowest BCUT2D eigenvalue weighted by molar-refractivity contribution is -0.172. The molecule has 1 unspecified atom stereocenters. The van der Waals surface area contributed by atoms with E-state index in [2.05, 4.69) is 42.5 Å². The average Bonchev–Trinajstić information content (AvgIpc) is 1.50. The Labute approximate surface area is 650 Å². The summed E-state index contributed by atoms with van der Waals surface area (Å²) >= 11 is 0. The highest BCUT2D eigenvalue weighted by Crippen LogP contribution is 2.46. The van der Waals surface area contributed by atoms with Crippen LogP contribution >= 0.6 is 0 Å². The van der Waals surface area contributed by atoms with Crippen molar-refractivity contribution in [3.05, 3.63) is 110 Å². The van der Waals surface area contributed by atoms with Crippen molar-refractivity contribution in [2.45, 2.75) is 139 Å². The van der Waals surface area contributed by atoms with Crippen molar-refractivity contribution >= 4 is 105 Å². The Bertz CT molecular complexity index is 4580. The first-order valence-corrected chi connectivity index (χ1v) is 36.6. The third-order valence-electron chi connectivity index (χ3n) is 20.0. The summed E-state index contributed by atoms with van der Waals surface area (Å²) in [6.45, 7) is -2.40. The van der Waals surface area contributed by atoms with Gasteiger partial charge in [0.25, 0.3) is 23.3 Å². The number of aryl methyl sites for hydroxylation is 1. The van der Waals surface area contributed by atoms with Crippen LogP contribution in [0.15, 0.2) is 59.4 Å². The Morgan fingerprint density at radius 2 is 1.32 bits per heavy atom. The fourth-order valence-corrected chi connectivity index (χ4v) is 13.6. The molecule has 4 aliphatic heterocycles. The van der Waals surface area contributed by atoms with Crippen LogP contribution in [0.3, 0.4) is 0 Å². The molecule has 2 aromatic heterocycles. The smallest absolute Gasteiger partial charge is 0.343 e. The third kappa shape index (κ3) is 20.8. The van der Waals surface area contributed by atoms with E-state index in [4.69, 9.17) is 24.9 Å². The molecule has 0 bridgehead atoms. The van der Waals surface area contributed by atoms with Crippen LogP contribution in [0.25, 0.3) is 22.3 Å². The van der Waals surface area contributed by atoms with Crippen molar-refractivity contribution in [2.24, 2.45) is 5.73 Å². The number of amides is 15. The fourth-order valence-electron chi connectivity index (χ4n) is 13.6. The minimum absolute atomic E-state index is 0.00113. The number of nitrogens with one attached hydrogen (secondary N) is 8. The predicted octanol–water partition coefficient (Wildman–Crippen LogP) is -5.57. The molecule has 114 heavy (non-hydrogen) atoms. The number of carbonyl (C=O) groups is 16. The molecule has 1 saturated heterocycles. The molecule has 0 radical (unpaired) electrons. The molecular formula is C74H91FN16O23. The molecule has 15 amide bonds. The van der Waals surface area contributed by atoms with Crippen LogP contribution in [-0.4, -0.2) is 274 Å². The van der Waals surface area contributed by atoms with E-state index >= 15 is 4.39 Å². The van der Waals surface area contributed by atoms with Crippen LogP contribution in [-0.2, 0) is 123 Å². The molecule has 2 aromatic carbocycles. The Morgan fingerprint density at radius 1 is 0.702 bits per heavy atom. The van der Waals surface area contributed by atoms with Crippen molar-refractivity contribution in [1.29, 1.82) is 0 Å². The van der Waals surface area contributed by atoms with Gasteiger partial charge in [0, 0.05) is 88.7 Å². The van der Waals surface area contributed by atoms with Crippen LogP contribution in [0.4, 0.5) is 4.39 Å². The van der Waals surface area contributed by atoms with Crippen molar-refractivity contribution < 1.29 is 111 Å². The topological polar surface area (TPSA) is 535 Å². The third-order valence-corrected chi connectivity index (χ3v) is 20.0. The van der Waals surface area contributed by atoms with Crippen molar-refractivity contribution in [3.63, 3.8) is 0 Å². The number of fused-ring (bicyclic) bond motifs is 5. The molecule has 0 saturated carbocycles. The summed E-state index contributed by atoms with van der Waals surface area (Å²) in [5.41, 5.74) is 6.38. The van der Waals surface area contributed by atoms with E-state index in [1.165, 1.54) is 37.8 Å². The molecule has 1 aliphatic carbocycles. The molecule has 0 spiro atoms. The summed E-state index contributed by atoms with van der Waals surface area (Å²) in [6, 6.07) is 7.64. The number of ether oxygens (including phenoxy) is 3. The maximum Gasteiger partial charge on any atom is 0.343 e. The van der Waals surface area contributed by atoms with Gasteiger partial charge >= 0.3 is 5.97 Å². The molecule has 1 fully saturated rings. The number of hydrogen-bond donors (Lipinski definition) is 12. The lowest BCUT2D eigenvalue weighted by Gasteiger charge is -2.31. The number of carbonyl (C=O) groups excluding carboxylic acids is 16. The van der Waals surface area contributed by atoms with Crippen LogP contribution in [0.1, 0.15) is 103 Å². The number of rotatable bonds is 37. The van der Waals surface area contributed by atoms with Crippen LogP contribution < -0.4 is 53.8 Å². The van der Waals surface area contributed by atoms with Gasteiger partial charge in [0.05, 0.1) is 80.9 Å². The number of imide groups is 1. The van der Waals surface area contributed by atoms with Crippen molar-refractivity contribution in [2.75, 3.05) is 93.9 Å². The van der Waals surface area contributed by atoms with Gasteiger partial charge in [-0.3, -0.25) is 81.6 Å². The monoisotopic (exact) mass is 1590 g/mol. The van der Waals surface area contributed by atoms with E-state index in [0.29, 0.717) is 64.6 Å². The molecule has 13 N–H and O–H groups in total. The van der Waals surface area contributed by atoms with Crippen molar-refractivity contribution in [1.82, 2.24) is 76.6 Å². The van der Waals surface area contributed by atoms with Crippen LogP contribution in [0.2, 0.25) is 0 Å². The normalized spacial score (nSPS) is 18.7. The van der Waals surface area contributed by atoms with Crippen molar-refractivity contribution in [3.8, 4) is 11.4 Å². The summed E-state index contributed by atoms with van der Waals surface area (Å²) in [4.78, 5) is 231. The van der Waals surface area contributed by atoms with E-state index < -0.39 is 226 Å². The highest BCUT2D eigenvalue weighted by molar-refractivity contribution is 6.13. The molecule has 612 valence electrons. The van der Waals surface area contributed by atoms with E-state index in [1.54, 1.807) is 44.2 Å². The summed E-state index contributed by atoms with van der Waals surface area (Å²) in [5.74, 6) is -13.0. The van der Waals surface area contributed by atoms with Gasteiger partial charge in [-0.1, -0.05) is 43.7 Å². The number of cyclic esters (lactones) is 1. The number of benzene rings is 2. The number of halogens is 1. The minimum Gasteiger partial charge on any atom is -0.458 e. The SMILES string of the molecule is CC[C@@]1(O)C(=O)OCc2c1cc1n(c2=O)Cc2c-1nc1cc(F)c(C)c3c1c2[C@@H](NC(=O)COCNC(=O)CNC(=O)[C@H](Cc1ccccc1)NC(=O)CNC(=O)CNC(=O)[C@H](CCC(=O)NC1O[C@H](C(=O)N(C)CC(=O)N(C)CC(=O)N(C)CC(=O)N(C)CC(N)=O)[C@@H](O)[C@H]1O)NC(=O)CCCCCN1C(=O)C=CC1=O)CC3. The minimum atomic E-state index is -2.10. The number of hydrogen-bond acceptors (Lipinski definition) is 24. The number of nitrogens with two attached hydrogens (primary N) is 1. The molecule has 40 heteroatoms. The first kappa shape index (κ1) is 86.0. The van der Waals surface area contributed by atoms with Gasteiger partial charge in [-0.05, 0) is 73.8 Å². The number of aromatic nitrogens is 2. The van der Waals surface area contributed by atoms with E-state index in [1.807, 2.05) is 0 Å². The van der Waals surface area contributed by atoms with Gasteiger partial charge in [-0.2, -0.15) is 0 Å². The Morgan fingerprint density at radius 3 is 1.96 bits per heavy atom. The largest absolute Gasteiger partial charge is 0.458 e. The number of pyridine rings is 2. The number of unbranched alkanes of at least 4 members (excludes halogenated alkanes) is 2. The predicted molar refractivity (Wildman–Crippen MR) is 393 cm³/mol. The first-order chi connectivity index (χ1) is 54.1. The Balaban J connectivity index is 0.737. The number of aliphatic hydroxyl groups is 3. The average molecular weight is 1590 g/mol. The van der Waals surface area contributed by atoms with Gasteiger partial charge in [0.15, 0.2) is 17.9 Å². The lowest BCUT2D eigenvalue weighted by Crippen LogP contribution is -2.53. The number of nitrogens with zero attached hydrogens (tertiary/aromatic N) is 7. The van der Waals surface area contributed by atoms with Gasteiger partial charge in [-0.15, -0.1) is 0 Å². The summed E-state index contributed by atoms with van der Waals surface area (Å²) in [6.07, 6.45) is -5.11. The number of primary amides is 1. The zero-order valence-corrected chi connectivity index (χ0v) is 63.4. The molecule has 9 rings (SSSR count). The quantitative estimate of drug-likeness (QED) is 0.00763. The second-order valence-corrected chi connectivity index (χ2v) is 28.2. The second-order valence-electron chi connectivity index (χ2n) is 28.2. The van der Waals surface area contributed by atoms with Gasteiger partial charge in [0.2, 0.25) is 70.9 Å². The molecule has 6 heterocycles. The van der Waals surface area contributed by atoms with E-state index in [-0.39, 0.29) is 67.7 Å². The summed E-state index contributed by atoms with van der Waals surface area (Å²) in [5, 5.41) is 53.6. The fraction of sp³-hybridized carbons (Fsp3) is 0.486. The first-order valence-electron chi connectivity index (χ1n) is 36.6. The Hall–Kier alpha value is -12.0. The maximum absolute atomic E-state index is 15.5. The number of aliphatic hydroxyl groups excluding tert-OH is 2. The highest BCUT2D eigenvalue weighted by atomic mass is 19.1. The Kier molecular flexibility index (Phi) is 28.7. The van der Waals surface area contributed by atoms with E-state index in [0.717, 1.165) is 43.7 Å². The van der Waals surface area contributed by atoms with Gasteiger partial charge in [-0.25, -0.2) is 14.2 Å². The number of likely N-dealkylation sites (N-methyl/N-ethyl adjacent to an activating group) is 4. The zero-order chi connectivity index (χ0) is 83.2. The van der Waals surface area contributed by atoms with Crippen LogP contribution in [0, 0.1) is 12.7 Å². The second kappa shape index (κ2) is 38.0. The molecule has 5 aliphatic rings. The molecule has 4 aromatic rings. The van der Waals surface area contributed by atoms with Gasteiger partial charge in [0.1, 0.15) is 50.1 Å². The highest BCUT2D eigenvalue weighted by Gasteiger charge is 2.49. The zero-order valence-electron chi connectivity index (χ0n) is 63.4. The van der Waals surface area contributed by atoms with Crippen LogP contribution in [0.5, 0.6) is 0 Å². The van der Waals surface area contributed by atoms with E-state index in [9.17, 15) is 96.8 Å². The summed E-state index contributed by atoms with van der Waals surface area (Å²) in [7, 11) is 4.99. The van der Waals surface area contributed by atoms with Gasteiger partial charge < -0.3 is 102 Å². The summed E-state index contributed by atoms with van der Waals surface area (Å²) < 4.78 is 33.2. The molecular weight excluding hydrogens is 1500 g/mol. The molecule has 39 nitrogen and oxygen atoms in total. The number of esters is 1. The lowest BCUT2D eigenvalue weighted by atomic mass is 9.81.